The molecule has 2 heterocycles. The zero-order valence-corrected chi connectivity index (χ0v) is 14.8. The molecule has 1 aliphatic rings. The lowest BCUT2D eigenvalue weighted by molar-refractivity contribution is 0.114. The molecule has 1 aromatic heterocycles. The number of rotatable bonds is 8. The Morgan fingerprint density at radius 2 is 2.42 bits per heavy atom. The first-order chi connectivity index (χ1) is 11.7. The van der Waals surface area contributed by atoms with E-state index in [0.717, 1.165) is 43.9 Å². The summed E-state index contributed by atoms with van der Waals surface area (Å²) in [6, 6.07) is 2.18. The molecule has 0 saturated carbocycles. The minimum Gasteiger partial charge on any atom is -0.376 e. The molecule has 1 unspecified atom stereocenters. The van der Waals surface area contributed by atoms with Crippen molar-refractivity contribution in [3.63, 3.8) is 0 Å². The fourth-order valence-electron chi connectivity index (χ4n) is 2.62. The highest BCUT2D eigenvalue weighted by molar-refractivity contribution is 7.80. The monoisotopic (exact) mass is 348 g/mol. The van der Waals surface area contributed by atoms with Crippen molar-refractivity contribution < 1.29 is 4.74 Å². The maximum atomic E-state index is 8.85. The van der Waals surface area contributed by atoms with E-state index in [2.05, 4.69) is 38.5 Å². The Morgan fingerprint density at radius 1 is 1.54 bits per heavy atom. The molecule has 1 aliphatic heterocycles. The van der Waals surface area contributed by atoms with Gasteiger partial charge in [0.15, 0.2) is 10.9 Å². The number of nitriles is 1. The molecule has 1 fully saturated rings. The number of hydrogen-bond acceptors (Lipinski definition) is 6. The van der Waals surface area contributed by atoms with Gasteiger partial charge in [-0.05, 0) is 31.5 Å². The van der Waals surface area contributed by atoms with E-state index in [1.165, 1.54) is 6.33 Å². The summed E-state index contributed by atoms with van der Waals surface area (Å²) < 4.78 is 5.58. The molecular weight excluding hydrogens is 324 g/mol. The van der Waals surface area contributed by atoms with Gasteiger partial charge in [-0.1, -0.05) is 6.92 Å². The summed E-state index contributed by atoms with van der Waals surface area (Å²) in [5, 5.41) is 15.7. The van der Waals surface area contributed by atoms with Crippen molar-refractivity contribution in [1.82, 2.24) is 15.3 Å². The molecule has 2 rings (SSSR count). The number of thiocarbonyl (C=S) groups is 1. The van der Waals surface area contributed by atoms with Gasteiger partial charge in [-0.15, -0.1) is 0 Å². The van der Waals surface area contributed by atoms with Gasteiger partial charge in [0.25, 0.3) is 0 Å². The molecule has 1 saturated heterocycles. The van der Waals surface area contributed by atoms with Gasteiger partial charge in [0.05, 0.1) is 24.8 Å². The molecular formula is C16H24N6OS. The van der Waals surface area contributed by atoms with Gasteiger partial charge in [-0.25, -0.2) is 9.97 Å². The summed E-state index contributed by atoms with van der Waals surface area (Å²) in [5.74, 6) is 0.767. The van der Waals surface area contributed by atoms with E-state index < -0.39 is 0 Å². The summed E-state index contributed by atoms with van der Waals surface area (Å²) in [6.07, 6.45) is 7.03. The van der Waals surface area contributed by atoms with Gasteiger partial charge in [0, 0.05) is 26.2 Å². The maximum absolute atomic E-state index is 8.85. The molecule has 1 atom stereocenters. The zero-order valence-electron chi connectivity index (χ0n) is 14.0. The van der Waals surface area contributed by atoms with Crippen LogP contribution in [0, 0.1) is 11.3 Å². The third-order valence-electron chi connectivity index (χ3n) is 3.74. The van der Waals surface area contributed by atoms with Crippen LogP contribution in [0.25, 0.3) is 0 Å². The van der Waals surface area contributed by atoms with Crippen LogP contribution in [0.4, 0.5) is 11.5 Å². The van der Waals surface area contributed by atoms with E-state index in [4.69, 9.17) is 22.2 Å². The minimum absolute atomic E-state index is 0.225. The van der Waals surface area contributed by atoms with E-state index >= 15 is 0 Å². The van der Waals surface area contributed by atoms with Gasteiger partial charge in [-0.2, -0.15) is 5.26 Å². The molecule has 1 aromatic rings. The van der Waals surface area contributed by atoms with Crippen molar-refractivity contribution in [1.29, 1.82) is 5.26 Å². The number of aromatic nitrogens is 2. The Hall–Kier alpha value is -1.98. The van der Waals surface area contributed by atoms with Crippen molar-refractivity contribution in [2.45, 2.75) is 38.7 Å². The topological polar surface area (TPSA) is 86.1 Å². The predicted octanol–water partition coefficient (Wildman–Crippen LogP) is 2.07. The molecule has 24 heavy (non-hydrogen) atoms. The van der Waals surface area contributed by atoms with Gasteiger partial charge >= 0.3 is 0 Å². The molecule has 0 aliphatic carbocycles. The van der Waals surface area contributed by atoms with Crippen LogP contribution in [0.5, 0.6) is 0 Å². The van der Waals surface area contributed by atoms with Crippen LogP contribution in [0.3, 0.4) is 0 Å². The first kappa shape index (κ1) is 18.4. The van der Waals surface area contributed by atoms with E-state index in [-0.39, 0.29) is 6.10 Å². The molecule has 0 bridgehead atoms. The summed E-state index contributed by atoms with van der Waals surface area (Å²) in [7, 11) is 0. The van der Waals surface area contributed by atoms with E-state index in [9.17, 15) is 0 Å². The first-order valence-electron chi connectivity index (χ1n) is 8.33. The van der Waals surface area contributed by atoms with Crippen molar-refractivity contribution in [2.24, 2.45) is 0 Å². The van der Waals surface area contributed by atoms with Crippen molar-refractivity contribution in [3.8, 4) is 6.07 Å². The Morgan fingerprint density at radius 3 is 3.12 bits per heavy atom. The van der Waals surface area contributed by atoms with Crippen molar-refractivity contribution in [2.75, 3.05) is 36.5 Å². The number of anilines is 2. The Labute approximate surface area is 148 Å². The first-order valence-corrected chi connectivity index (χ1v) is 8.73. The van der Waals surface area contributed by atoms with Crippen LogP contribution >= 0.6 is 12.2 Å². The number of ether oxygens (including phenoxy) is 1. The minimum atomic E-state index is 0.225. The normalized spacial score (nSPS) is 16.4. The Bertz CT molecular complexity index is 570. The van der Waals surface area contributed by atoms with E-state index in [0.29, 0.717) is 24.6 Å². The van der Waals surface area contributed by atoms with Gasteiger partial charge < -0.3 is 20.3 Å². The molecule has 8 heteroatoms. The third kappa shape index (κ3) is 5.58. The van der Waals surface area contributed by atoms with Crippen LogP contribution in [-0.2, 0) is 4.74 Å². The predicted molar refractivity (Wildman–Crippen MR) is 98.0 cm³/mol. The summed E-state index contributed by atoms with van der Waals surface area (Å²) in [4.78, 5) is 10.5. The second kappa shape index (κ2) is 10.0. The number of hydrogen-bond donors (Lipinski definition) is 2. The van der Waals surface area contributed by atoms with Crippen LogP contribution in [-0.4, -0.2) is 47.4 Å². The third-order valence-corrected chi connectivity index (χ3v) is 3.99. The SMILES string of the molecule is CCCN(CCC#N)c1ncncc1NC(=S)NCC1CCCO1. The number of nitrogens with one attached hydrogen (secondary N) is 2. The Balaban J connectivity index is 1.98. The largest absolute Gasteiger partial charge is 0.376 e. The van der Waals surface area contributed by atoms with Crippen LogP contribution in [0.2, 0.25) is 0 Å². The number of nitrogens with zero attached hydrogens (tertiary/aromatic N) is 4. The molecule has 0 radical (unpaired) electrons. The van der Waals surface area contributed by atoms with Crippen molar-refractivity contribution >= 4 is 28.8 Å². The lowest BCUT2D eigenvalue weighted by atomic mass is 10.2. The molecule has 130 valence electrons. The smallest absolute Gasteiger partial charge is 0.171 e. The van der Waals surface area contributed by atoms with Gasteiger partial charge in [0.2, 0.25) is 0 Å². The standard InChI is InChI=1S/C16H24N6OS/c1-2-7-22(8-4-6-17)15-14(11-18-12-20-15)21-16(24)19-10-13-5-3-9-23-13/h11-13H,2-5,7-10H2,1H3,(H2,19,21,24). The van der Waals surface area contributed by atoms with Gasteiger partial charge in [0.1, 0.15) is 12.0 Å². The molecule has 0 amide bonds. The second-order valence-electron chi connectivity index (χ2n) is 5.63. The Kier molecular flexibility index (Phi) is 7.65. The summed E-state index contributed by atoms with van der Waals surface area (Å²) in [6.45, 7) is 5.08. The van der Waals surface area contributed by atoms with Gasteiger partial charge in [-0.3, -0.25) is 0 Å². The average Bonchev–Trinajstić information content (AvgIpc) is 3.11. The second-order valence-corrected chi connectivity index (χ2v) is 6.03. The molecule has 0 spiro atoms. The maximum Gasteiger partial charge on any atom is 0.171 e. The lowest BCUT2D eigenvalue weighted by Crippen LogP contribution is -2.35. The lowest BCUT2D eigenvalue weighted by Gasteiger charge is -2.24. The highest BCUT2D eigenvalue weighted by Gasteiger charge is 2.17. The van der Waals surface area contributed by atoms with Crippen LogP contribution < -0.4 is 15.5 Å². The fourth-order valence-corrected chi connectivity index (χ4v) is 2.81. The summed E-state index contributed by atoms with van der Waals surface area (Å²) in [5.41, 5.74) is 0.744. The van der Waals surface area contributed by atoms with Crippen LogP contribution in [0.1, 0.15) is 32.6 Å². The molecule has 0 aromatic carbocycles. The molecule has 2 N–H and O–H groups in total. The quantitative estimate of drug-likeness (QED) is 0.691. The fraction of sp³-hybridized carbons (Fsp3) is 0.625. The summed E-state index contributed by atoms with van der Waals surface area (Å²) >= 11 is 5.36. The zero-order chi connectivity index (χ0) is 17.2. The van der Waals surface area contributed by atoms with Crippen molar-refractivity contribution in [3.05, 3.63) is 12.5 Å². The van der Waals surface area contributed by atoms with E-state index in [1.807, 2.05) is 0 Å². The van der Waals surface area contributed by atoms with Crippen LogP contribution in [0.15, 0.2) is 12.5 Å². The highest BCUT2D eigenvalue weighted by atomic mass is 32.1. The highest BCUT2D eigenvalue weighted by Crippen LogP contribution is 2.22. The van der Waals surface area contributed by atoms with E-state index in [1.54, 1.807) is 6.20 Å². The average molecular weight is 348 g/mol. The molecule has 7 nitrogen and oxygen atoms in total.